The summed E-state index contributed by atoms with van der Waals surface area (Å²) in [6, 6.07) is 10.6. The minimum absolute atomic E-state index is 0.164. The molecule has 0 saturated carbocycles. The molecule has 2 rings (SSSR count). The molecule has 1 amide bonds. The van der Waals surface area contributed by atoms with E-state index < -0.39 is 0 Å². The number of hydrogen-bond donors (Lipinski definition) is 2. The van der Waals surface area contributed by atoms with Gasteiger partial charge in [0, 0.05) is 17.8 Å². The molecule has 0 heterocycles. The van der Waals surface area contributed by atoms with E-state index in [1.54, 1.807) is 18.2 Å². The van der Waals surface area contributed by atoms with Crippen molar-refractivity contribution >= 4 is 11.6 Å². The van der Waals surface area contributed by atoms with E-state index in [-0.39, 0.29) is 24.8 Å². The van der Waals surface area contributed by atoms with Crippen LogP contribution < -0.4 is 10.6 Å². The first-order valence-corrected chi connectivity index (χ1v) is 7.29. The third-order valence-corrected chi connectivity index (χ3v) is 3.54. The van der Waals surface area contributed by atoms with Gasteiger partial charge in [-0.25, -0.2) is 4.39 Å². The Hall–Kier alpha value is -2.36. The molecule has 0 fully saturated rings. The van der Waals surface area contributed by atoms with E-state index in [1.807, 2.05) is 20.8 Å². The highest BCUT2D eigenvalue weighted by Crippen LogP contribution is 2.21. The van der Waals surface area contributed by atoms with Crippen LogP contribution >= 0.6 is 0 Å². The van der Waals surface area contributed by atoms with Crippen molar-refractivity contribution in [2.75, 3.05) is 11.9 Å². The van der Waals surface area contributed by atoms with E-state index in [0.29, 0.717) is 5.56 Å². The average Bonchev–Trinajstić information content (AvgIpc) is 2.45. The van der Waals surface area contributed by atoms with Crippen LogP contribution in [0, 0.1) is 26.6 Å². The fourth-order valence-electron chi connectivity index (χ4n) is 2.53. The summed E-state index contributed by atoms with van der Waals surface area (Å²) in [7, 11) is 0. The summed E-state index contributed by atoms with van der Waals surface area (Å²) in [5.41, 5.74) is 4.88. The second kappa shape index (κ2) is 7.07. The summed E-state index contributed by atoms with van der Waals surface area (Å²) in [5.74, 6) is -0.469. The smallest absolute Gasteiger partial charge is 0.239 e. The van der Waals surface area contributed by atoms with Crippen LogP contribution in [0.25, 0.3) is 0 Å². The predicted molar refractivity (Wildman–Crippen MR) is 87.4 cm³/mol. The molecule has 116 valence electrons. The van der Waals surface area contributed by atoms with E-state index in [9.17, 15) is 9.18 Å². The molecule has 22 heavy (non-hydrogen) atoms. The number of hydrogen-bond acceptors (Lipinski definition) is 2. The Kier molecular flexibility index (Phi) is 5.15. The summed E-state index contributed by atoms with van der Waals surface area (Å²) in [6.07, 6.45) is 0. The molecule has 0 saturated heterocycles. The third-order valence-electron chi connectivity index (χ3n) is 3.54. The van der Waals surface area contributed by atoms with Gasteiger partial charge in [0.25, 0.3) is 0 Å². The lowest BCUT2D eigenvalue weighted by Crippen LogP contribution is -2.30. The zero-order chi connectivity index (χ0) is 16.1. The van der Waals surface area contributed by atoms with Crippen LogP contribution in [-0.2, 0) is 11.3 Å². The maximum absolute atomic E-state index is 13.5. The van der Waals surface area contributed by atoms with Crippen LogP contribution in [0.15, 0.2) is 36.4 Å². The van der Waals surface area contributed by atoms with Gasteiger partial charge in [-0.2, -0.15) is 0 Å². The molecular formula is C18H21FN2O. The molecule has 0 aliphatic carbocycles. The Morgan fingerprint density at radius 1 is 1.09 bits per heavy atom. The third kappa shape index (κ3) is 4.07. The van der Waals surface area contributed by atoms with Crippen molar-refractivity contribution in [1.82, 2.24) is 5.32 Å². The first-order chi connectivity index (χ1) is 10.5. The van der Waals surface area contributed by atoms with Crippen LogP contribution in [0.3, 0.4) is 0 Å². The van der Waals surface area contributed by atoms with Gasteiger partial charge in [0.05, 0.1) is 6.54 Å². The van der Waals surface area contributed by atoms with Crippen LogP contribution in [0.5, 0.6) is 0 Å². The zero-order valence-electron chi connectivity index (χ0n) is 13.2. The molecule has 0 aliphatic rings. The largest absolute Gasteiger partial charge is 0.376 e. The number of benzene rings is 2. The monoisotopic (exact) mass is 300 g/mol. The molecule has 2 aromatic carbocycles. The van der Waals surface area contributed by atoms with Gasteiger partial charge in [0.15, 0.2) is 0 Å². The second-order valence-electron chi connectivity index (χ2n) is 5.50. The number of carbonyl (C=O) groups is 1. The van der Waals surface area contributed by atoms with Crippen LogP contribution in [0.2, 0.25) is 0 Å². The molecular weight excluding hydrogens is 279 g/mol. The van der Waals surface area contributed by atoms with Crippen molar-refractivity contribution < 1.29 is 9.18 Å². The lowest BCUT2D eigenvalue weighted by molar-refractivity contribution is -0.119. The maximum atomic E-state index is 13.5. The van der Waals surface area contributed by atoms with E-state index in [4.69, 9.17) is 0 Å². The molecule has 2 N–H and O–H groups in total. The summed E-state index contributed by atoms with van der Waals surface area (Å²) in [4.78, 5) is 11.9. The Morgan fingerprint density at radius 2 is 1.73 bits per heavy atom. The summed E-state index contributed by atoms with van der Waals surface area (Å²) < 4.78 is 13.5. The number of nitrogens with one attached hydrogen (secondary N) is 2. The Balaban J connectivity index is 1.90. The number of rotatable bonds is 5. The van der Waals surface area contributed by atoms with Crippen LogP contribution in [-0.4, -0.2) is 12.5 Å². The molecule has 0 bridgehead atoms. The summed E-state index contributed by atoms with van der Waals surface area (Å²) in [5, 5.41) is 5.87. The molecule has 2 aromatic rings. The van der Waals surface area contributed by atoms with Crippen molar-refractivity contribution in [1.29, 1.82) is 0 Å². The number of halogens is 1. The molecule has 3 nitrogen and oxygen atoms in total. The first-order valence-electron chi connectivity index (χ1n) is 7.29. The maximum Gasteiger partial charge on any atom is 0.239 e. The van der Waals surface area contributed by atoms with Crippen molar-refractivity contribution in [2.45, 2.75) is 27.3 Å². The number of amides is 1. The second-order valence-corrected chi connectivity index (χ2v) is 5.50. The topological polar surface area (TPSA) is 41.1 Å². The quantitative estimate of drug-likeness (QED) is 0.887. The highest BCUT2D eigenvalue weighted by atomic mass is 19.1. The Morgan fingerprint density at radius 3 is 2.36 bits per heavy atom. The van der Waals surface area contributed by atoms with Crippen LogP contribution in [0.1, 0.15) is 22.3 Å². The average molecular weight is 300 g/mol. The van der Waals surface area contributed by atoms with Gasteiger partial charge in [0.1, 0.15) is 5.82 Å². The molecule has 4 heteroatoms. The van der Waals surface area contributed by atoms with Crippen molar-refractivity contribution in [3.8, 4) is 0 Å². The standard InChI is InChI=1S/C18H21FN2O/c1-12-8-13(2)18(14(3)9-12)21-11-17(22)20-10-15-6-4-5-7-16(15)19/h4-9,21H,10-11H2,1-3H3,(H,20,22). The van der Waals surface area contributed by atoms with Gasteiger partial charge in [0.2, 0.25) is 5.91 Å². The number of aryl methyl sites for hydroxylation is 3. The SMILES string of the molecule is Cc1cc(C)c(NCC(=O)NCc2ccccc2F)c(C)c1. The van der Waals surface area contributed by atoms with Crippen molar-refractivity contribution in [2.24, 2.45) is 0 Å². The van der Waals surface area contributed by atoms with Crippen molar-refractivity contribution in [3.05, 3.63) is 64.5 Å². The van der Waals surface area contributed by atoms with E-state index in [0.717, 1.165) is 16.8 Å². The van der Waals surface area contributed by atoms with Gasteiger partial charge >= 0.3 is 0 Å². The van der Waals surface area contributed by atoms with Gasteiger partial charge in [-0.05, 0) is 38.0 Å². The lowest BCUT2D eigenvalue weighted by Gasteiger charge is -2.14. The first kappa shape index (κ1) is 16.0. The molecule has 0 spiro atoms. The molecule has 0 atom stereocenters. The summed E-state index contributed by atoms with van der Waals surface area (Å²) >= 11 is 0. The molecule has 0 aromatic heterocycles. The van der Waals surface area contributed by atoms with Gasteiger partial charge in [-0.3, -0.25) is 4.79 Å². The Bertz CT molecular complexity index is 660. The van der Waals surface area contributed by atoms with Gasteiger partial charge in [-0.15, -0.1) is 0 Å². The normalized spacial score (nSPS) is 10.4. The minimum atomic E-state index is -0.305. The van der Waals surface area contributed by atoms with E-state index >= 15 is 0 Å². The molecule has 0 radical (unpaired) electrons. The minimum Gasteiger partial charge on any atom is -0.376 e. The highest BCUT2D eigenvalue weighted by molar-refractivity contribution is 5.81. The van der Waals surface area contributed by atoms with Gasteiger partial charge < -0.3 is 10.6 Å². The van der Waals surface area contributed by atoms with E-state index in [2.05, 4.69) is 22.8 Å². The van der Waals surface area contributed by atoms with Crippen molar-refractivity contribution in [3.63, 3.8) is 0 Å². The zero-order valence-corrected chi connectivity index (χ0v) is 13.2. The van der Waals surface area contributed by atoms with Gasteiger partial charge in [-0.1, -0.05) is 35.9 Å². The fraction of sp³-hybridized carbons (Fsp3) is 0.278. The summed E-state index contributed by atoms with van der Waals surface area (Å²) in [6.45, 7) is 6.43. The number of carbonyl (C=O) groups excluding carboxylic acids is 1. The van der Waals surface area contributed by atoms with E-state index in [1.165, 1.54) is 11.6 Å². The Labute approximate surface area is 130 Å². The number of anilines is 1. The predicted octanol–water partition coefficient (Wildman–Crippen LogP) is 3.48. The fourth-order valence-corrected chi connectivity index (χ4v) is 2.53. The highest BCUT2D eigenvalue weighted by Gasteiger charge is 2.07. The molecule has 0 aliphatic heterocycles. The molecule has 0 unspecified atom stereocenters. The lowest BCUT2D eigenvalue weighted by atomic mass is 10.1. The van der Waals surface area contributed by atoms with Crippen LogP contribution in [0.4, 0.5) is 10.1 Å².